The molecule has 0 radical (unpaired) electrons. The van der Waals surface area contributed by atoms with Gasteiger partial charge in [-0.15, -0.1) is 0 Å². The number of H-pyrrole nitrogens is 1. The molecule has 2 N–H and O–H groups in total. The fourth-order valence-corrected chi connectivity index (χ4v) is 6.45. The fraction of sp³-hybridized carbons (Fsp3) is 0.417. The maximum atomic E-state index is 13.2. The first-order chi connectivity index (χ1) is 13.7. The summed E-state index contributed by atoms with van der Waals surface area (Å²) in [6, 6.07) is 16.1. The number of carbonyl (C=O) groups excluding carboxylic acids is 1. The van der Waals surface area contributed by atoms with Gasteiger partial charge >= 0.3 is 0 Å². The largest absolute Gasteiger partial charge is 0.338 e. The Hall–Kier alpha value is -2.62. The standard InChI is InChI=1S/C24H25N3O/c28-23(24-12-15-9-16(13-24)11-17(10-15)14-24)25-19-7-5-18(6-8-19)22-26-20-3-1-2-4-21(20)27-22/h1-8,15-17H,9-14H2,(H,25,28)(H,26,27). The number of aromatic nitrogens is 2. The molecule has 1 aromatic heterocycles. The van der Waals surface area contributed by atoms with Gasteiger partial charge in [-0.3, -0.25) is 4.79 Å². The third kappa shape index (κ3) is 2.58. The molecule has 142 valence electrons. The molecule has 4 aliphatic carbocycles. The average molecular weight is 371 g/mol. The zero-order chi connectivity index (χ0) is 18.7. The average Bonchev–Trinajstić information content (AvgIpc) is 3.12. The number of hydrogen-bond donors (Lipinski definition) is 2. The van der Waals surface area contributed by atoms with Crippen molar-refractivity contribution in [3.8, 4) is 11.4 Å². The first kappa shape index (κ1) is 16.3. The lowest BCUT2D eigenvalue weighted by atomic mass is 9.49. The molecule has 7 rings (SSSR count). The van der Waals surface area contributed by atoms with Gasteiger partial charge in [0.05, 0.1) is 16.4 Å². The Balaban J connectivity index is 1.21. The molecule has 4 fully saturated rings. The van der Waals surface area contributed by atoms with Crippen molar-refractivity contribution in [2.24, 2.45) is 23.2 Å². The molecule has 1 heterocycles. The Bertz CT molecular complexity index is 981. The van der Waals surface area contributed by atoms with Crippen LogP contribution in [0.3, 0.4) is 0 Å². The van der Waals surface area contributed by atoms with Crippen molar-refractivity contribution >= 4 is 22.6 Å². The molecule has 1 amide bonds. The minimum absolute atomic E-state index is 0.105. The Labute approximate surface area is 164 Å². The third-order valence-electron chi connectivity index (χ3n) is 7.33. The highest BCUT2D eigenvalue weighted by atomic mass is 16.2. The van der Waals surface area contributed by atoms with E-state index in [4.69, 9.17) is 0 Å². The van der Waals surface area contributed by atoms with E-state index in [0.717, 1.165) is 65.1 Å². The Kier molecular flexibility index (Phi) is 3.47. The summed E-state index contributed by atoms with van der Waals surface area (Å²) in [5, 5.41) is 3.23. The molecule has 0 spiro atoms. The predicted octanol–water partition coefficient (Wildman–Crippen LogP) is 5.38. The van der Waals surface area contributed by atoms with E-state index in [2.05, 4.69) is 15.3 Å². The SMILES string of the molecule is O=C(Nc1ccc(-c2nc3ccccc3[nH]2)cc1)C12CC3CC(CC(C3)C1)C2. The molecule has 4 bridgehead atoms. The summed E-state index contributed by atoms with van der Waals surface area (Å²) in [6.45, 7) is 0. The summed E-state index contributed by atoms with van der Waals surface area (Å²) in [7, 11) is 0. The lowest BCUT2D eigenvalue weighted by Gasteiger charge is -2.55. The second-order valence-electron chi connectivity index (χ2n) is 9.33. The van der Waals surface area contributed by atoms with E-state index < -0.39 is 0 Å². The second-order valence-corrected chi connectivity index (χ2v) is 9.33. The van der Waals surface area contributed by atoms with Crippen LogP contribution in [0.4, 0.5) is 5.69 Å². The van der Waals surface area contributed by atoms with Gasteiger partial charge in [0.25, 0.3) is 0 Å². The molecule has 4 aliphatic rings. The second kappa shape index (κ2) is 5.94. The highest BCUT2D eigenvalue weighted by Gasteiger charge is 2.54. The van der Waals surface area contributed by atoms with Crippen molar-refractivity contribution in [2.75, 3.05) is 5.32 Å². The molecular weight excluding hydrogens is 346 g/mol. The Morgan fingerprint density at radius 1 is 0.929 bits per heavy atom. The number of para-hydroxylation sites is 2. The Morgan fingerprint density at radius 2 is 1.57 bits per heavy atom. The fourth-order valence-electron chi connectivity index (χ4n) is 6.45. The highest BCUT2D eigenvalue weighted by molar-refractivity contribution is 5.96. The van der Waals surface area contributed by atoms with Crippen molar-refractivity contribution in [2.45, 2.75) is 38.5 Å². The van der Waals surface area contributed by atoms with E-state index in [0.29, 0.717) is 0 Å². The lowest BCUT2D eigenvalue weighted by Crippen LogP contribution is -2.51. The number of benzene rings is 2. The zero-order valence-electron chi connectivity index (χ0n) is 15.9. The van der Waals surface area contributed by atoms with Crippen molar-refractivity contribution in [1.82, 2.24) is 9.97 Å². The van der Waals surface area contributed by atoms with Gasteiger partial charge in [0.2, 0.25) is 5.91 Å². The minimum atomic E-state index is -0.105. The van der Waals surface area contributed by atoms with Gasteiger partial charge < -0.3 is 10.3 Å². The van der Waals surface area contributed by atoms with E-state index in [9.17, 15) is 4.79 Å². The van der Waals surface area contributed by atoms with E-state index in [-0.39, 0.29) is 11.3 Å². The first-order valence-electron chi connectivity index (χ1n) is 10.5. The van der Waals surface area contributed by atoms with Crippen LogP contribution in [0.1, 0.15) is 38.5 Å². The maximum absolute atomic E-state index is 13.2. The molecule has 4 saturated carbocycles. The molecule has 3 aromatic rings. The van der Waals surface area contributed by atoms with E-state index in [1.165, 1.54) is 19.3 Å². The predicted molar refractivity (Wildman–Crippen MR) is 111 cm³/mol. The van der Waals surface area contributed by atoms with Crippen LogP contribution in [0.15, 0.2) is 48.5 Å². The number of carbonyl (C=O) groups is 1. The summed E-state index contributed by atoms with van der Waals surface area (Å²) in [5.74, 6) is 3.47. The van der Waals surface area contributed by atoms with Gasteiger partial charge in [-0.05, 0) is 92.7 Å². The molecule has 4 nitrogen and oxygen atoms in total. The molecule has 4 heteroatoms. The van der Waals surface area contributed by atoms with Crippen molar-refractivity contribution < 1.29 is 4.79 Å². The summed E-state index contributed by atoms with van der Waals surface area (Å²) >= 11 is 0. The van der Waals surface area contributed by atoms with Crippen molar-refractivity contribution in [1.29, 1.82) is 0 Å². The molecule has 0 atom stereocenters. The van der Waals surface area contributed by atoms with Crippen molar-refractivity contribution in [3.05, 3.63) is 48.5 Å². The summed E-state index contributed by atoms with van der Waals surface area (Å²) in [4.78, 5) is 21.2. The van der Waals surface area contributed by atoms with E-state index in [1.807, 2.05) is 48.5 Å². The van der Waals surface area contributed by atoms with Crippen LogP contribution >= 0.6 is 0 Å². The third-order valence-corrected chi connectivity index (χ3v) is 7.33. The number of anilines is 1. The van der Waals surface area contributed by atoms with Crippen LogP contribution in [0.25, 0.3) is 22.4 Å². The van der Waals surface area contributed by atoms with Gasteiger partial charge in [-0.1, -0.05) is 12.1 Å². The normalized spacial score (nSPS) is 30.6. The molecular formula is C24H25N3O. The van der Waals surface area contributed by atoms with Crippen molar-refractivity contribution in [3.63, 3.8) is 0 Å². The van der Waals surface area contributed by atoms with Crippen LogP contribution in [0, 0.1) is 23.2 Å². The highest BCUT2D eigenvalue weighted by Crippen LogP contribution is 2.60. The number of hydrogen-bond acceptors (Lipinski definition) is 2. The van der Waals surface area contributed by atoms with Gasteiger partial charge in [0, 0.05) is 11.3 Å². The number of rotatable bonds is 3. The first-order valence-corrected chi connectivity index (χ1v) is 10.5. The van der Waals surface area contributed by atoms with E-state index in [1.54, 1.807) is 0 Å². The molecule has 0 saturated heterocycles. The van der Waals surface area contributed by atoms with Crippen LogP contribution in [-0.4, -0.2) is 15.9 Å². The maximum Gasteiger partial charge on any atom is 0.230 e. The van der Waals surface area contributed by atoms with Crippen LogP contribution in [0.2, 0.25) is 0 Å². The zero-order valence-corrected chi connectivity index (χ0v) is 15.9. The summed E-state index contributed by atoms with van der Waals surface area (Å²) in [6.07, 6.45) is 7.38. The van der Waals surface area contributed by atoms with Gasteiger partial charge in [0.1, 0.15) is 5.82 Å². The summed E-state index contributed by atoms with van der Waals surface area (Å²) < 4.78 is 0. The van der Waals surface area contributed by atoms with Gasteiger partial charge in [0.15, 0.2) is 0 Å². The summed E-state index contributed by atoms with van der Waals surface area (Å²) in [5.41, 5.74) is 3.82. The number of aromatic amines is 1. The monoisotopic (exact) mass is 371 g/mol. The number of fused-ring (bicyclic) bond motifs is 1. The molecule has 0 aliphatic heterocycles. The van der Waals surface area contributed by atoms with Gasteiger partial charge in [-0.2, -0.15) is 0 Å². The van der Waals surface area contributed by atoms with E-state index >= 15 is 0 Å². The van der Waals surface area contributed by atoms with Gasteiger partial charge in [-0.25, -0.2) is 4.98 Å². The van der Waals surface area contributed by atoms with Crippen LogP contribution in [-0.2, 0) is 4.79 Å². The number of imidazole rings is 1. The quantitative estimate of drug-likeness (QED) is 0.649. The number of nitrogens with one attached hydrogen (secondary N) is 2. The smallest absolute Gasteiger partial charge is 0.230 e. The number of nitrogens with zero attached hydrogens (tertiary/aromatic N) is 1. The topological polar surface area (TPSA) is 57.8 Å². The minimum Gasteiger partial charge on any atom is -0.338 e. The molecule has 0 unspecified atom stereocenters. The lowest BCUT2D eigenvalue weighted by molar-refractivity contribution is -0.140. The Morgan fingerprint density at radius 3 is 2.21 bits per heavy atom. The molecule has 28 heavy (non-hydrogen) atoms. The van der Waals surface area contributed by atoms with Crippen LogP contribution < -0.4 is 5.32 Å². The van der Waals surface area contributed by atoms with Crippen LogP contribution in [0.5, 0.6) is 0 Å². The number of amides is 1. The molecule has 2 aromatic carbocycles.